The van der Waals surface area contributed by atoms with Crippen LogP contribution in [0.3, 0.4) is 0 Å². The van der Waals surface area contributed by atoms with Crippen molar-refractivity contribution in [1.29, 1.82) is 0 Å². The van der Waals surface area contributed by atoms with E-state index in [1.165, 1.54) is 0 Å². The van der Waals surface area contributed by atoms with Crippen molar-refractivity contribution in [3.8, 4) is 17.0 Å². The van der Waals surface area contributed by atoms with E-state index in [2.05, 4.69) is 4.98 Å². The first kappa shape index (κ1) is 16.3. The van der Waals surface area contributed by atoms with Gasteiger partial charge in [0.15, 0.2) is 0 Å². The molecule has 2 aromatic carbocycles. The van der Waals surface area contributed by atoms with E-state index in [1.807, 2.05) is 55.4 Å². The Morgan fingerprint density at radius 2 is 1.81 bits per heavy atom. The van der Waals surface area contributed by atoms with Crippen molar-refractivity contribution in [3.05, 3.63) is 70.6 Å². The zero-order chi connectivity index (χ0) is 18.3. The van der Waals surface area contributed by atoms with Gasteiger partial charge in [-0.1, -0.05) is 24.3 Å². The van der Waals surface area contributed by atoms with E-state index in [0.717, 1.165) is 16.3 Å². The van der Waals surface area contributed by atoms with E-state index in [4.69, 9.17) is 4.42 Å². The maximum absolute atomic E-state index is 12.6. The van der Waals surface area contributed by atoms with E-state index in [0.29, 0.717) is 28.9 Å². The smallest absolute Gasteiger partial charge is 0.345 e. The van der Waals surface area contributed by atoms with Gasteiger partial charge in [0, 0.05) is 17.3 Å². The molecule has 0 saturated heterocycles. The molecule has 0 amide bonds. The van der Waals surface area contributed by atoms with Crippen LogP contribution in [0.15, 0.2) is 63.8 Å². The number of para-hydroxylation sites is 1. The summed E-state index contributed by atoms with van der Waals surface area (Å²) in [6.07, 6.45) is 0. The van der Waals surface area contributed by atoms with Crippen LogP contribution in [0, 0.1) is 0 Å². The molecule has 2 aromatic heterocycles. The summed E-state index contributed by atoms with van der Waals surface area (Å²) >= 11 is 0. The maximum Gasteiger partial charge on any atom is 0.345 e. The standard InChI is InChI=1S/C21H18N2O3/c1-23(2)12-16-19(24)10-8-14-11-15(21(25)26-20(14)16)18-9-7-13-5-3-4-6-17(13)22-18/h3-11,24H,12H2,1-2H3. The van der Waals surface area contributed by atoms with E-state index in [9.17, 15) is 9.90 Å². The van der Waals surface area contributed by atoms with Crippen molar-refractivity contribution in [3.63, 3.8) is 0 Å². The quantitative estimate of drug-likeness (QED) is 0.572. The average Bonchev–Trinajstić information content (AvgIpc) is 2.63. The van der Waals surface area contributed by atoms with Crippen LogP contribution in [0.5, 0.6) is 5.75 Å². The van der Waals surface area contributed by atoms with Crippen LogP contribution in [-0.4, -0.2) is 29.1 Å². The zero-order valence-corrected chi connectivity index (χ0v) is 14.6. The van der Waals surface area contributed by atoms with E-state index in [-0.39, 0.29) is 5.75 Å². The van der Waals surface area contributed by atoms with Gasteiger partial charge in [0.25, 0.3) is 0 Å². The second-order valence-corrected chi connectivity index (χ2v) is 6.56. The summed E-state index contributed by atoms with van der Waals surface area (Å²) in [5, 5.41) is 11.9. The fourth-order valence-electron chi connectivity index (χ4n) is 3.10. The molecule has 5 heteroatoms. The Morgan fingerprint density at radius 3 is 2.62 bits per heavy atom. The van der Waals surface area contributed by atoms with Gasteiger partial charge in [-0.25, -0.2) is 9.78 Å². The summed E-state index contributed by atoms with van der Waals surface area (Å²) in [5.41, 5.74) is 2.34. The van der Waals surface area contributed by atoms with Crippen LogP contribution in [0.1, 0.15) is 5.56 Å². The first-order chi connectivity index (χ1) is 12.5. The van der Waals surface area contributed by atoms with Crippen molar-refractivity contribution < 1.29 is 9.52 Å². The number of phenols is 1. The van der Waals surface area contributed by atoms with E-state index in [1.54, 1.807) is 18.2 Å². The number of pyridine rings is 1. The Kier molecular flexibility index (Phi) is 3.93. The summed E-state index contributed by atoms with van der Waals surface area (Å²) in [6.45, 7) is 0.472. The van der Waals surface area contributed by atoms with Gasteiger partial charge in [0.1, 0.15) is 11.3 Å². The Labute approximate surface area is 150 Å². The van der Waals surface area contributed by atoms with Gasteiger partial charge >= 0.3 is 5.63 Å². The van der Waals surface area contributed by atoms with Crippen LogP contribution < -0.4 is 5.63 Å². The molecule has 0 bridgehead atoms. The summed E-state index contributed by atoms with van der Waals surface area (Å²) in [6, 6.07) is 16.7. The molecule has 0 aliphatic rings. The second-order valence-electron chi connectivity index (χ2n) is 6.56. The number of phenolic OH excluding ortho intramolecular Hbond substituents is 1. The Bertz CT molecular complexity index is 1180. The molecular weight excluding hydrogens is 328 g/mol. The van der Waals surface area contributed by atoms with Gasteiger partial charge in [0.05, 0.1) is 22.3 Å². The summed E-state index contributed by atoms with van der Waals surface area (Å²) in [4.78, 5) is 19.1. The van der Waals surface area contributed by atoms with Crippen molar-refractivity contribution in [2.75, 3.05) is 14.1 Å². The Morgan fingerprint density at radius 1 is 1.04 bits per heavy atom. The number of aromatic hydroxyl groups is 1. The summed E-state index contributed by atoms with van der Waals surface area (Å²) < 4.78 is 5.59. The molecule has 5 nitrogen and oxygen atoms in total. The third-order valence-corrected chi connectivity index (χ3v) is 4.33. The molecule has 0 radical (unpaired) electrons. The van der Waals surface area contributed by atoms with Crippen LogP contribution in [0.4, 0.5) is 0 Å². The molecule has 0 atom stereocenters. The fraction of sp³-hybridized carbons (Fsp3) is 0.143. The first-order valence-electron chi connectivity index (χ1n) is 8.32. The molecular formula is C21H18N2O3. The lowest BCUT2D eigenvalue weighted by Crippen LogP contribution is -2.12. The number of benzene rings is 2. The highest BCUT2D eigenvalue weighted by molar-refractivity contribution is 5.87. The number of hydrogen-bond acceptors (Lipinski definition) is 5. The predicted molar refractivity (Wildman–Crippen MR) is 102 cm³/mol. The summed E-state index contributed by atoms with van der Waals surface area (Å²) in [5.74, 6) is 0.117. The van der Waals surface area contributed by atoms with Crippen LogP contribution in [0.25, 0.3) is 33.1 Å². The lowest BCUT2D eigenvalue weighted by Gasteiger charge is -2.13. The zero-order valence-electron chi connectivity index (χ0n) is 14.6. The lowest BCUT2D eigenvalue weighted by molar-refractivity contribution is 0.383. The molecule has 0 spiro atoms. The van der Waals surface area contributed by atoms with Gasteiger partial charge in [0.2, 0.25) is 0 Å². The fourth-order valence-corrected chi connectivity index (χ4v) is 3.10. The first-order valence-corrected chi connectivity index (χ1v) is 8.32. The molecule has 0 fully saturated rings. The highest BCUT2D eigenvalue weighted by Crippen LogP contribution is 2.29. The average molecular weight is 346 g/mol. The molecule has 0 aliphatic carbocycles. The van der Waals surface area contributed by atoms with Gasteiger partial charge in [-0.2, -0.15) is 0 Å². The van der Waals surface area contributed by atoms with Crippen molar-refractivity contribution in [1.82, 2.24) is 9.88 Å². The number of fused-ring (bicyclic) bond motifs is 2. The van der Waals surface area contributed by atoms with Crippen molar-refractivity contribution in [2.45, 2.75) is 6.54 Å². The van der Waals surface area contributed by atoms with Crippen molar-refractivity contribution in [2.24, 2.45) is 0 Å². The van der Waals surface area contributed by atoms with Gasteiger partial charge in [-0.05, 0) is 44.4 Å². The van der Waals surface area contributed by atoms with Crippen LogP contribution in [0.2, 0.25) is 0 Å². The molecule has 130 valence electrons. The molecule has 2 heterocycles. The minimum atomic E-state index is -0.467. The minimum Gasteiger partial charge on any atom is -0.507 e. The number of aromatic nitrogens is 1. The predicted octanol–water partition coefficient (Wildman–Crippen LogP) is 3.78. The van der Waals surface area contributed by atoms with Gasteiger partial charge in [-0.15, -0.1) is 0 Å². The Hall–Kier alpha value is -3.18. The van der Waals surface area contributed by atoms with Crippen molar-refractivity contribution >= 4 is 21.9 Å². The van der Waals surface area contributed by atoms with Crippen LogP contribution in [-0.2, 0) is 6.54 Å². The molecule has 0 saturated carbocycles. The van der Waals surface area contributed by atoms with Crippen LogP contribution >= 0.6 is 0 Å². The largest absolute Gasteiger partial charge is 0.507 e. The molecule has 0 unspecified atom stereocenters. The van der Waals surface area contributed by atoms with E-state index >= 15 is 0 Å². The molecule has 4 aromatic rings. The lowest BCUT2D eigenvalue weighted by atomic mass is 10.1. The highest BCUT2D eigenvalue weighted by atomic mass is 16.4. The third kappa shape index (κ3) is 2.82. The molecule has 1 N–H and O–H groups in total. The SMILES string of the molecule is CN(C)Cc1c(O)ccc2cc(-c3ccc4ccccc4n3)c(=O)oc12. The van der Waals surface area contributed by atoms with Gasteiger partial charge in [-0.3, -0.25) is 0 Å². The number of hydrogen-bond donors (Lipinski definition) is 1. The molecule has 0 aliphatic heterocycles. The normalized spacial score (nSPS) is 11.5. The minimum absolute atomic E-state index is 0.117. The monoisotopic (exact) mass is 346 g/mol. The highest BCUT2D eigenvalue weighted by Gasteiger charge is 2.15. The molecule has 26 heavy (non-hydrogen) atoms. The number of nitrogens with zero attached hydrogens (tertiary/aromatic N) is 2. The summed E-state index contributed by atoms with van der Waals surface area (Å²) in [7, 11) is 3.79. The second kappa shape index (κ2) is 6.28. The van der Waals surface area contributed by atoms with E-state index < -0.39 is 5.63 Å². The third-order valence-electron chi connectivity index (χ3n) is 4.33. The number of rotatable bonds is 3. The van der Waals surface area contributed by atoms with Gasteiger partial charge < -0.3 is 14.4 Å². The maximum atomic E-state index is 12.6. The Balaban J connectivity index is 1.92. The topological polar surface area (TPSA) is 66.6 Å². The molecule has 4 rings (SSSR count).